The Bertz CT molecular complexity index is 583. The SMILES string of the molecule is Cn1nccc1S(=O)(=O)N1CCCN(CC(=O)O)CC1. The molecule has 2 heterocycles. The predicted octanol–water partition coefficient (Wildman–Crippen LogP) is -0.799. The Morgan fingerprint density at radius 3 is 2.70 bits per heavy atom. The molecule has 1 aliphatic rings. The van der Waals surface area contributed by atoms with E-state index in [4.69, 9.17) is 5.11 Å². The first-order chi connectivity index (χ1) is 9.41. The minimum atomic E-state index is -3.56. The number of aromatic nitrogens is 2. The summed E-state index contributed by atoms with van der Waals surface area (Å²) in [4.78, 5) is 12.5. The van der Waals surface area contributed by atoms with Crippen LogP contribution in [0.3, 0.4) is 0 Å². The van der Waals surface area contributed by atoms with E-state index in [1.165, 1.54) is 21.3 Å². The Labute approximate surface area is 117 Å². The summed E-state index contributed by atoms with van der Waals surface area (Å²) in [7, 11) is -1.98. The molecule has 1 saturated heterocycles. The largest absolute Gasteiger partial charge is 0.480 e. The van der Waals surface area contributed by atoms with Gasteiger partial charge in [0.1, 0.15) is 0 Å². The monoisotopic (exact) mass is 302 g/mol. The zero-order valence-electron chi connectivity index (χ0n) is 11.3. The van der Waals surface area contributed by atoms with Crippen LogP contribution < -0.4 is 0 Å². The van der Waals surface area contributed by atoms with Crippen molar-refractivity contribution in [2.24, 2.45) is 7.05 Å². The molecule has 0 spiro atoms. The Hall–Kier alpha value is -1.45. The number of sulfonamides is 1. The molecule has 1 aromatic rings. The lowest BCUT2D eigenvalue weighted by Crippen LogP contribution is -2.37. The van der Waals surface area contributed by atoms with Crippen LogP contribution in [0.15, 0.2) is 17.3 Å². The van der Waals surface area contributed by atoms with Gasteiger partial charge in [0.25, 0.3) is 10.0 Å². The lowest BCUT2D eigenvalue weighted by atomic mass is 10.4. The molecule has 20 heavy (non-hydrogen) atoms. The number of carboxylic acid groups (broad SMARTS) is 1. The van der Waals surface area contributed by atoms with Crippen LogP contribution >= 0.6 is 0 Å². The number of rotatable bonds is 4. The highest BCUT2D eigenvalue weighted by Gasteiger charge is 2.29. The van der Waals surface area contributed by atoms with E-state index in [2.05, 4.69) is 5.10 Å². The molecular weight excluding hydrogens is 284 g/mol. The molecule has 8 nitrogen and oxygen atoms in total. The van der Waals surface area contributed by atoms with Gasteiger partial charge in [-0.05, 0) is 12.5 Å². The van der Waals surface area contributed by atoms with Gasteiger partial charge in [0.15, 0.2) is 5.03 Å². The van der Waals surface area contributed by atoms with Gasteiger partial charge in [0.05, 0.1) is 12.7 Å². The molecule has 0 amide bonds. The lowest BCUT2D eigenvalue weighted by Gasteiger charge is -2.20. The normalized spacial score (nSPS) is 18.9. The van der Waals surface area contributed by atoms with Gasteiger partial charge in [-0.2, -0.15) is 9.40 Å². The fourth-order valence-corrected chi connectivity index (χ4v) is 3.85. The van der Waals surface area contributed by atoms with E-state index in [-0.39, 0.29) is 11.6 Å². The molecule has 112 valence electrons. The van der Waals surface area contributed by atoms with E-state index in [0.29, 0.717) is 32.6 Å². The Kier molecular flexibility index (Phi) is 4.41. The fraction of sp³-hybridized carbons (Fsp3) is 0.636. The van der Waals surface area contributed by atoms with Gasteiger partial charge in [0.2, 0.25) is 0 Å². The molecule has 1 N–H and O–H groups in total. The van der Waals surface area contributed by atoms with Crippen LogP contribution in [-0.2, 0) is 21.9 Å². The second-order valence-electron chi connectivity index (χ2n) is 4.72. The van der Waals surface area contributed by atoms with Gasteiger partial charge in [-0.3, -0.25) is 14.4 Å². The first-order valence-corrected chi connectivity index (χ1v) is 7.77. The van der Waals surface area contributed by atoms with Crippen LogP contribution in [0, 0.1) is 0 Å². The van der Waals surface area contributed by atoms with Crippen LogP contribution in [0.4, 0.5) is 0 Å². The average Bonchev–Trinajstić information content (AvgIpc) is 2.65. The van der Waals surface area contributed by atoms with Crippen molar-refractivity contribution in [1.29, 1.82) is 0 Å². The van der Waals surface area contributed by atoms with Gasteiger partial charge in [0, 0.05) is 33.2 Å². The molecule has 0 atom stereocenters. The predicted molar refractivity (Wildman–Crippen MR) is 70.7 cm³/mol. The molecule has 0 unspecified atom stereocenters. The number of aryl methyl sites for hydroxylation is 1. The number of carboxylic acids is 1. The van der Waals surface area contributed by atoms with Crippen LogP contribution in [0.1, 0.15) is 6.42 Å². The summed E-state index contributed by atoms with van der Waals surface area (Å²) in [6.45, 7) is 1.64. The van der Waals surface area contributed by atoms with Gasteiger partial charge >= 0.3 is 5.97 Å². The summed E-state index contributed by atoms with van der Waals surface area (Å²) in [5, 5.41) is 12.8. The van der Waals surface area contributed by atoms with Crippen molar-refractivity contribution >= 4 is 16.0 Å². The van der Waals surface area contributed by atoms with E-state index in [1.54, 1.807) is 11.9 Å². The average molecular weight is 302 g/mol. The zero-order chi connectivity index (χ0) is 14.8. The molecule has 2 rings (SSSR count). The molecule has 0 radical (unpaired) electrons. The summed E-state index contributed by atoms with van der Waals surface area (Å²) in [6.07, 6.45) is 2.06. The van der Waals surface area contributed by atoms with Crippen LogP contribution in [0.2, 0.25) is 0 Å². The van der Waals surface area contributed by atoms with Gasteiger partial charge in [-0.15, -0.1) is 0 Å². The van der Waals surface area contributed by atoms with Crippen molar-refractivity contribution in [3.63, 3.8) is 0 Å². The third kappa shape index (κ3) is 3.17. The van der Waals surface area contributed by atoms with Gasteiger partial charge < -0.3 is 5.11 Å². The standard InChI is InChI=1S/C11H18N4O4S/c1-13-10(3-4-12-13)20(18,19)15-6-2-5-14(7-8-15)9-11(16)17/h3-4H,2,5-9H2,1H3,(H,16,17). The fourth-order valence-electron chi connectivity index (χ4n) is 2.28. The molecule has 0 bridgehead atoms. The molecule has 1 aromatic heterocycles. The first-order valence-electron chi connectivity index (χ1n) is 6.33. The van der Waals surface area contributed by atoms with Crippen molar-refractivity contribution < 1.29 is 18.3 Å². The van der Waals surface area contributed by atoms with Crippen molar-refractivity contribution in [3.8, 4) is 0 Å². The Balaban J connectivity index is 2.11. The maximum absolute atomic E-state index is 12.5. The van der Waals surface area contributed by atoms with E-state index < -0.39 is 16.0 Å². The molecule has 0 saturated carbocycles. The van der Waals surface area contributed by atoms with E-state index in [1.807, 2.05) is 0 Å². The summed E-state index contributed by atoms with van der Waals surface area (Å²) in [5.74, 6) is -0.895. The van der Waals surface area contributed by atoms with Crippen molar-refractivity contribution in [3.05, 3.63) is 12.3 Å². The number of hydrogen-bond donors (Lipinski definition) is 1. The van der Waals surface area contributed by atoms with Crippen molar-refractivity contribution in [2.75, 3.05) is 32.7 Å². The number of carbonyl (C=O) groups is 1. The minimum absolute atomic E-state index is 0.0560. The lowest BCUT2D eigenvalue weighted by molar-refractivity contribution is -0.138. The van der Waals surface area contributed by atoms with E-state index in [9.17, 15) is 13.2 Å². The van der Waals surface area contributed by atoms with Crippen molar-refractivity contribution in [1.82, 2.24) is 19.0 Å². The maximum atomic E-state index is 12.5. The zero-order valence-corrected chi connectivity index (χ0v) is 12.1. The molecule has 0 aromatic carbocycles. The Morgan fingerprint density at radius 1 is 1.35 bits per heavy atom. The van der Waals surface area contributed by atoms with Gasteiger partial charge in [-0.1, -0.05) is 0 Å². The highest BCUT2D eigenvalue weighted by atomic mass is 32.2. The first kappa shape index (κ1) is 14.9. The molecule has 1 fully saturated rings. The van der Waals surface area contributed by atoms with Gasteiger partial charge in [-0.25, -0.2) is 8.42 Å². The second kappa shape index (κ2) is 5.90. The summed E-state index contributed by atoms with van der Waals surface area (Å²) in [6, 6.07) is 1.47. The third-order valence-electron chi connectivity index (χ3n) is 3.29. The van der Waals surface area contributed by atoms with Crippen molar-refractivity contribution in [2.45, 2.75) is 11.4 Å². The smallest absolute Gasteiger partial charge is 0.317 e. The number of aliphatic carboxylic acids is 1. The second-order valence-corrected chi connectivity index (χ2v) is 6.61. The summed E-state index contributed by atoms with van der Waals surface area (Å²) < 4.78 is 27.7. The number of nitrogens with zero attached hydrogens (tertiary/aromatic N) is 4. The van der Waals surface area contributed by atoms with Crippen LogP contribution in [0.5, 0.6) is 0 Å². The van der Waals surface area contributed by atoms with Crippen LogP contribution in [-0.4, -0.2) is 71.2 Å². The molecule has 0 aliphatic carbocycles. The minimum Gasteiger partial charge on any atom is -0.480 e. The highest BCUT2D eigenvalue weighted by molar-refractivity contribution is 7.89. The Morgan fingerprint density at radius 2 is 2.10 bits per heavy atom. The van der Waals surface area contributed by atoms with E-state index in [0.717, 1.165) is 0 Å². The molecule has 1 aliphatic heterocycles. The number of hydrogen-bond acceptors (Lipinski definition) is 5. The molecule has 9 heteroatoms. The quantitative estimate of drug-likeness (QED) is 0.782. The van der Waals surface area contributed by atoms with E-state index >= 15 is 0 Å². The van der Waals surface area contributed by atoms with Crippen LogP contribution in [0.25, 0.3) is 0 Å². The summed E-state index contributed by atoms with van der Waals surface area (Å²) in [5.41, 5.74) is 0. The highest BCUT2D eigenvalue weighted by Crippen LogP contribution is 2.16. The molecular formula is C11H18N4O4S. The third-order valence-corrected chi connectivity index (χ3v) is 5.26. The summed E-state index contributed by atoms with van der Waals surface area (Å²) >= 11 is 0. The maximum Gasteiger partial charge on any atom is 0.317 e. The topological polar surface area (TPSA) is 95.7 Å².